The summed E-state index contributed by atoms with van der Waals surface area (Å²) in [4.78, 5) is 20.2. The summed E-state index contributed by atoms with van der Waals surface area (Å²) in [6, 6.07) is 7.82. The maximum atomic E-state index is 14.2. The fraction of sp³-hybridized carbons (Fsp3) is 0.292. The number of hydrogen-bond acceptors (Lipinski definition) is 7. The first-order valence-corrected chi connectivity index (χ1v) is 11.1. The molecule has 0 radical (unpaired) electrons. The number of aryl methyl sites for hydroxylation is 1. The number of nitrogens with zero attached hydrogens (tertiary/aromatic N) is 6. The highest BCUT2D eigenvalue weighted by Crippen LogP contribution is 2.36. The molecular weight excluding hydrogens is 453 g/mol. The summed E-state index contributed by atoms with van der Waals surface area (Å²) in [5.74, 6) is 0.884. The van der Waals surface area contributed by atoms with Crippen LogP contribution in [0.1, 0.15) is 40.6 Å². The van der Waals surface area contributed by atoms with E-state index >= 15 is 0 Å². The highest BCUT2D eigenvalue weighted by Gasteiger charge is 2.35. The molecule has 1 N–H and O–H groups in total. The number of amides is 1. The zero-order chi connectivity index (χ0) is 24.5. The second-order valence-corrected chi connectivity index (χ2v) is 8.19. The van der Waals surface area contributed by atoms with Gasteiger partial charge in [-0.15, -0.1) is 10.2 Å². The summed E-state index contributed by atoms with van der Waals surface area (Å²) in [6.07, 6.45) is 4.62. The average Bonchev–Trinajstić information content (AvgIpc) is 3.64. The zero-order valence-electron chi connectivity index (χ0n) is 19.5. The summed E-state index contributed by atoms with van der Waals surface area (Å²) in [6.45, 7) is 2.44. The molecule has 1 saturated heterocycles. The molecule has 1 atom stereocenters. The van der Waals surface area contributed by atoms with Gasteiger partial charge >= 0.3 is 0 Å². The number of H-pyrrole nitrogens is 1. The Kier molecular flexibility index (Phi) is 5.89. The Hall–Kier alpha value is -4.28. The normalized spacial score (nSPS) is 15.4. The number of aromatic amines is 1. The van der Waals surface area contributed by atoms with E-state index in [-0.39, 0.29) is 17.7 Å². The van der Waals surface area contributed by atoms with Crippen molar-refractivity contribution in [2.24, 2.45) is 0 Å². The van der Waals surface area contributed by atoms with Crippen molar-refractivity contribution < 1.29 is 18.7 Å². The number of nitrogens with one attached hydrogen (secondary N) is 1. The van der Waals surface area contributed by atoms with E-state index in [0.717, 1.165) is 12.0 Å². The minimum Gasteiger partial charge on any atom is -0.496 e. The van der Waals surface area contributed by atoms with Gasteiger partial charge in [-0.2, -0.15) is 15.0 Å². The van der Waals surface area contributed by atoms with Crippen LogP contribution in [-0.2, 0) is 0 Å². The lowest BCUT2D eigenvalue weighted by molar-refractivity contribution is 0.0729. The van der Waals surface area contributed by atoms with E-state index in [2.05, 4.69) is 25.4 Å². The number of carbonyl (C=O) groups is 1. The number of rotatable bonds is 6. The molecule has 1 unspecified atom stereocenters. The molecule has 11 heteroatoms. The Morgan fingerprint density at radius 1 is 1.14 bits per heavy atom. The Morgan fingerprint density at radius 2 is 1.94 bits per heavy atom. The second-order valence-electron chi connectivity index (χ2n) is 8.19. The largest absolute Gasteiger partial charge is 0.496 e. The molecule has 35 heavy (non-hydrogen) atoms. The summed E-state index contributed by atoms with van der Waals surface area (Å²) < 4.78 is 24.9. The van der Waals surface area contributed by atoms with Crippen LogP contribution in [0, 0.1) is 12.7 Å². The average molecular weight is 478 g/mol. The molecule has 1 aliphatic rings. The minimum absolute atomic E-state index is 0.0812. The van der Waals surface area contributed by atoms with Gasteiger partial charge in [-0.3, -0.25) is 4.79 Å². The van der Waals surface area contributed by atoms with Gasteiger partial charge in [0.1, 0.15) is 5.75 Å². The van der Waals surface area contributed by atoms with Crippen LogP contribution in [0.5, 0.6) is 11.5 Å². The molecule has 4 aromatic rings. The number of para-hydroxylation sites is 1. The quantitative estimate of drug-likeness (QED) is 0.452. The van der Waals surface area contributed by atoms with E-state index < -0.39 is 5.82 Å². The Morgan fingerprint density at radius 3 is 2.69 bits per heavy atom. The number of methoxy groups -OCH3 is 2. The third-order valence-corrected chi connectivity index (χ3v) is 6.14. The molecule has 0 bridgehead atoms. The van der Waals surface area contributed by atoms with Gasteiger partial charge in [-0.25, -0.2) is 4.39 Å². The number of aromatic nitrogens is 6. The van der Waals surface area contributed by atoms with Gasteiger partial charge in [-0.05, 0) is 49.6 Å². The first kappa shape index (κ1) is 22.5. The molecule has 3 heterocycles. The van der Waals surface area contributed by atoms with Crippen molar-refractivity contribution in [3.8, 4) is 28.6 Å². The van der Waals surface area contributed by atoms with E-state index in [1.54, 1.807) is 42.6 Å². The topological polar surface area (TPSA) is 111 Å². The van der Waals surface area contributed by atoms with E-state index in [9.17, 15) is 9.18 Å². The Bertz CT molecular complexity index is 1370. The van der Waals surface area contributed by atoms with Crippen LogP contribution < -0.4 is 9.47 Å². The van der Waals surface area contributed by atoms with Gasteiger partial charge in [0.2, 0.25) is 0 Å². The summed E-state index contributed by atoms with van der Waals surface area (Å²) in [5, 5.41) is 16.9. The maximum Gasteiger partial charge on any atom is 0.256 e. The fourth-order valence-corrected chi connectivity index (χ4v) is 4.47. The van der Waals surface area contributed by atoms with E-state index in [4.69, 9.17) is 9.47 Å². The molecule has 2 aromatic carbocycles. The lowest BCUT2D eigenvalue weighted by Gasteiger charge is -2.24. The van der Waals surface area contributed by atoms with Crippen molar-refractivity contribution in [3.05, 3.63) is 65.5 Å². The van der Waals surface area contributed by atoms with Crippen molar-refractivity contribution in [3.63, 3.8) is 0 Å². The number of likely N-dealkylation sites (tertiary alicyclic amines) is 1. The van der Waals surface area contributed by atoms with Crippen LogP contribution in [0.3, 0.4) is 0 Å². The highest BCUT2D eigenvalue weighted by atomic mass is 19.1. The molecule has 0 spiro atoms. The summed E-state index contributed by atoms with van der Waals surface area (Å²) in [7, 11) is 2.97. The number of benzene rings is 2. The second kappa shape index (κ2) is 9.16. The molecule has 1 aliphatic heterocycles. The molecule has 0 aliphatic carbocycles. The SMILES string of the molecule is COc1cc(C(=O)N2CCCC2c2nnc(-c3cccc(F)c3OC)[nH]2)c(-n2nccn2)cc1C. The molecule has 180 valence electrons. The molecule has 5 rings (SSSR count). The summed E-state index contributed by atoms with van der Waals surface area (Å²) >= 11 is 0. The third-order valence-electron chi connectivity index (χ3n) is 6.14. The summed E-state index contributed by atoms with van der Waals surface area (Å²) in [5.41, 5.74) is 2.30. The monoisotopic (exact) mass is 477 g/mol. The van der Waals surface area contributed by atoms with Crippen LogP contribution >= 0.6 is 0 Å². The lowest BCUT2D eigenvalue weighted by atomic mass is 10.1. The van der Waals surface area contributed by atoms with E-state index in [0.29, 0.717) is 47.2 Å². The van der Waals surface area contributed by atoms with Gasteiger partial charge in [0.15, 0.2) is 23.2 Å². The minimum atomic E-state index is -0.492. The van der Waals surface area contributed by atoms with Crippen LogP contribution in [-0.4, -0.2) is 61.7 Å². The first-order chi connectivity index (χ1) is 17.0. The van der Waals surface area contributed by atoms with Gasteiger partial charge in [-0.1, -0.05) is 6.07 Å². The molecule has 10 nitrogen and oxygen atoms in total. The molecule has 1 amide bonds. The third kappa shape index (κ3) is 3.98. The standard InChI is InChI=1S/C24H24FN7O3/c1-14-12-19(32-26-9-10-27-32)16(13-20(14)34-2)24(33)31-11-5-8-18(31)23-28-22(29-30-23)15-6-4-7-17(25)21(15)35-3/h4,6-7,9-10,12-13,18H,5,8,11H2,1-3H3,(H,28,29,30). The van der Waals surface area contributed by atoms with Crippen molar-refractivity contribution in [1.82, 2.24) is 35.1 Å². The van der Waals surface area contributed by atoms with E-state index in [1.165, 1.54) is 18.0 Å². The Labute approximate surface area is 200 Å². The zero-order valence-corrected chi connectivity index (χ0v) is 19.5. The lowest BCUT2D eigenvalue weighted by Crippen LogP contribution is -2.32. The molecular formula is C24H24FN7O3. The van der Waals surface area contributed by atoms with Crippen LogP contribution in [0.15, 0.2) is 42.7 Å². The van der Waals surface area contributed by atoms with Gasteiger partial charge in [0.05, 0.1) is 49.5 Å². The number of ether oxygens (including phenoxy) is 2. The van der Waals surface area contributed by atoms with Crippen LogP contribution in [0.25, 0.3) is 17.1 Å². The molecule has 1 fully saturated rings. The Balaban J connectivity index is 1.50. The predicted octanol–water partition coefficient (Wildman–Crippen LogP) is 3.49. The number of carbonyl (C=O) groups excluding carboxylic acids is 1. The van der Waals surface area contributed by atoms with Crippen molar-refractivity contribution >= 4 is 5.91 Å². The number of halogens is 1. The number of hydrogen-bond donors (Lipinski definition) is 1. The van der Waals surface area contributed by atoms with Gasteiger partial charge in [0, 0.05) is 6.54 Å². The van der Waals surface area contributed by atoms with Crippen molar-refractivity contribution in [2.75, 3.05) is 20.8 Å². The van der Waals surface area contributed by atoms with Gasteiger partial charge in [0.25, 0.3) is 5.91 Å². The van der Waals surface area contributed by atoms with Gasteiger partial charge < -0.3 is 19.4 Å². The smallest absolute Gasteiger partial charge is 0.256 e. The molecule has 2 aromatic heterocycles. The van der Waals surface area contributed by atoms with Crippen LogP contribution in [0.4, 0.5) is 4.39 Å². The first-order valence-electron chi connectivity index (χ1n) is 11.1. The van der Waals surface area contributed by atoms with Crippen molar-refractivity contribution in [1.29, 1.82) is 0 Å². The predicted molar refractivity (Wildman–Crippen MR) is 124 cm³/mol. The fourth-order valence-electron chi connectivity index (χ4n) is 4.47. The van der Waals surface area contributed by atoms with E-state index in [1.807, 2.05) is 13.0 Å². The highest BCUT2D eigenvalue weighted by molar-refractivity contribution is 5.98. The maximum absolute atomic E-state index is 14.2. The van der Waals surface area contributed by atoms with Crippen molar-refractivity contribution in [2.45, 2.75) is 25.8 Å². The van der Waals surface area contributed by atoms with Crippen LogP contribution in [0.2, 0.25) is 0 Å². The molecule has 0 saturated carbocycles.